The van der Waals surface area contributed by atoms with Gasteiger partial charge < -0.3 is 9.47 Å². The zero-order valence-corrected chi connectivity index (χ0v) is 25.0. The second kappa shape index (κ2) is 12.8. The number of ether oxygens (including phenoxy) is 2. The molecule has 0 amide bonds. The number of benzene rings is 3. The van der Waals surface area contributed by atoms with Crippen LogP contribution in [0.25, 0.3) is 10.9 Å². The van der Waals surface area contributed by atoms with Crippen LogP contribution in [0.15, 0.2) is 75.6 Å². The Bertz CT molecular complexity index is 1620. The minimum absolute atomic E-state index is 0.0332. The molecule has 39 heavy (non-hydrogen) atoms. The van der Waals surface area contributed by atoms with Gasteiger partial charge in [0, 0.05) is 16.0 Å². The molecular weight excluding hydrogens is 601 g/mol. The van der Waals surface area contributed by atoms with Crippen LogP contribution in [0.3, 0.4) is 0 Å². The van der Waals surface area contributed by atoms with Crippen molar-refractivity contribution in [3.05, 3.63) is 109 Å². The Kier molecular flexibility index (Phi) is 9.49. The van der Waals surface area contributed by atoms with E-state index in [-0.39, 0.29) is 18.1 Å². The number of hydrogen-bond acceptors (Lipinski definition) is 5. The highest BCUT2D eigenvalue weighted by atomic mass is 79.9. The molecule has 202 valence electrons. The summed E-state index contributed by atoms with van der Waals surface area (Å²) >= 11 is 15.6. The van der Waals surface area contributed by atoms with E-state index in [4.69, 9.17) is 37.7 Å². The van der Waals surface area contributed by atoms with E-state index in [0.29, 0.717) is 44.7 Å². The van der Waals surface area contributed by atoms with E-state index < -0.39 is 0 Å². The molecule has 1 heterocycles. The van der Waals surface area contributed by atoms with E-state index in [1.165, 1.54) is 4.68 Å². The maximum Gasteiger partial charge on any atom is 0.282 e. The lowest BCUT2D eigenvalue weighted by atomic mass is 10.1. The van der Waals surface area contributed by atoms with Crippen LogP contribution in [0, 0.1) is 0 Å². The molecule has 6 nitrogen and oxygen atoms in total. The van der Waals surface area contributed by atoms with E-state index in [1.807, 2.05) is 37.3 Å². The maximum atomic E-state index is 13.5. The maximum absolute atomic E-state index is 13.5. The van der Waals surface area contributed by atoms with Crippen molar-refractivity contribution in [2.45, 2.75) is 39.2 Å². The minimum atomic E-state index is -0.229. The SMILES string of the molecule is C=CCc1cc(C=Nn2c([C@@H](C)CC)nc3ccc(Br)cc3c2=O)cc(OC)c1OCc1ccc(Cl)c(Cl)c1. The number of fused-ring (bicyclic) bond motifs is 1. The van der Waals surface area contributed by atoms with Gasteiger partial charge in [0.2, 0.25) is 0 Å². The van der Waals surface area contributed by atoms with Crippen molar-refractivity contribution in [3.63, 3.8) is 0 Å². The summed E-state index contributed by atoms with van der Waals surface area (Å²) < 4.78 is 14.0. The zero-order chi connectivity index (χ0) is 28.1. The van der Waals surface area contributed by atoms with Crippen molar-refractivity contribution < 1.29 is 9.47 Å². The topological polar surface area (TPSA) is 65.7 Å². The lowest BCUT2D eigenvalue weighted by Crippen LogP contribution is -2.23. The molecule has 4 rings (SSSR count). The van der Waals surface area contributed by atoms with E-state index in [0.717, 1.165) is 27.6 Å². The van der Waals surface area contributed by atoms with Crippen LogP contribution in [0.4, 0.5) is 0 Å². The predicted molar refractivity (Wildman–Crippen MR) is 163 cm³/mol. The van der Waals surface area contributed by atoms with Gasteiger partial charge >= 0.3 is 0 Å². The van der Waals surface area contributed by atoms with Crippen LogP contribution in [-0.2, 0) is 13.0 Å². The molecule has 0 aliphatic heterocycles. The quantitative estimate of drug-likeness (QED) is 0.131. The lowest BCUT2D eigenvalue weighted by molar-refractivity contribution is 0.282. The molecule has 4 aromatic rings. The minimum Gasteiger partial charge on any atom is -0.493 e. The molecule has 9 heteroatoms. The van der Waals surface area contributed by atoms with Gasteiger partial charge in [-0.15, -0.1) is 6.58 Å². The normalized spacial score (nSPS) is 12.2. The Morgan fingerprint density at radius 2 is 1.95 bits per heavy atom. The van der Waals surface area contributed by atoms with Gasteiger partial charge in [0.15, 0.2) is 11.5 Å². The standard InChI is InChI=1S/C30H28BrCl2N3O3/c1-5-7-21-12-20(14-27(38-4)28(21)39-17-19-8-10-24(32)25(33)13-19)16-34-36-29(18(3)6-2)35-26-11-9-22(31)15-23(26)30(36)37/h5,8-16,18H,1,6-7,17H2,2-4H3/t18-/m0/s1. The van der Waals surface area contributed by atoms with Gasteiger partial charge in [0.1, 0.15) is 12.4 Å². The molecule has 0 N–H and O–H groups in total. The summed E-state index contributed by atoms with van der Waals surface area (Å²) in [7, 11) is 1.58. The molecule has 0 aliphatic carbocycles. The largest absolute Gasteiger partial charge is 0.493 e. The molecule has 0 aliphatic rings. The first-order valence-electron chi connectivity index (χ1n) is 12.4. The molecule has 0 fully saturated rings. The van der Waals surface area contributed by atoms with E-state index >= 15 is 0 Å². The van der Waals surface area contributed by atoms with Gasteiger partial charge in [-0.05, 0) is 66.4 Å². The fraction of sp³-hybridized carbons (Fsp3) is 0.233. The second-order valence-corrected chi connectivity index (χ2v) is 10.8. The summed E-state index contributed by atoms with van der Waals surface area (Å²) in [5, 5.41) is 6.03. The number of allylic oxidation sites excluding steroid dienone is 1. The Morgan fingerprint density at radius 3 is 2.64 bits per heavy atom. The van der Waals surface area contributed by atoms with Crippen LogP contribution in [0.5, 0.6) is 11.5 Å². The van der Waals surface area contributed by atoms with E-state index in [9.17, 15) is 4.79 Å². The molecule has 0 saturated carbocycles. The summed E-state index contributed by atoms with van der Waals surface area (Å²) in [4.78, 5) is 18.2. The summed E-state index contributed by atoms with van der Waals surface area (Å²) in [6.07, 6.45) is 4.78. The molecule has 3 aromatic carbocycles. The number of hydrogen-bond donors (Lipinski definition) is 0. The fourth-order valence-corrected chi connectivity index (χ4v) is 4.75. The average molecular weight is 629 g/mol. The Morgan fingerprint density at radius 1 is 1.15 bits per heavy atom. The van der Waals surface area contributed by atoms with Crippen LogP contribution >= 0.6 is 39.1 Å². The summed E-state index contributed by atoms with van der Waals surface area (Å²) in [5.41, 5.74) is 2.88. The number of nitrogens with zero attached hydrogens (tertiary/aromatic N) is 3. The number of rotatable bonds is 10. The third-order valence-corrected chi connectivity index (χ3v) is 7.55. The summed E-state index contributed by atoms with van der Waals surface area (Å²) in [6, 6.07) is 14.6. The first-order valence-corrected chi connectivity index (χ1v) is 14.0. The van der Waals surface area contributed by atoms with Crippen molar-refractivity contribution >= 4 is 56.2 Å². The van der Waals surface area contributed by atoms with E-state index in [1.54, 1.807) is 37.6 Å². The summed E-state index contributed by atoms with van der Waals surface area (Å²) in [6.45, 7) is 8.25. The molecular formula is C30H28BrCl2N3O3. The fourth-order valence-electron chi connectivity index (χ4n) is 4.07. The molecule has 0 radical (unpaired) electrons. The van der Waals surface area contributed by atoms with Gasteiger partial charge in [0.25, 0.3) is 5.56 Å². The van der Waals surface area contributed by atoms with Crippen molar-refractivity contribution in [3.8, 4) is 11.5 Å². The highest BCUT2D eigenvalue weighted by Gasteiger charge is 2.17. The van der Waals surface area contributed by atoms with Gasteiger partial charge in [-0.1, -0.05) is 65.1 Å². The lowest BCUT2D eigenvalue weighted by Gasteiger charge is -2.16. The average Bonchev–Trinajstić information content (AvgIpc) is 2.93. The first kappa shape index (κ1) is 28.9. The Labute approximate surface area is 246 Å². The van der Waals surface area contributed by atoms with Crippen molar-refractivity contribution in [1.82, 2.24) is 9.66 Å². The van der Waals surface area contributed by atoms with Gasteiger partial charge in [-0.3, -0.25) is 4.79 Å². The van der Waals surface area contributed by atoms with Crippen molar-refractivity contribution in [2.24, 2.45) is 5.10 Å². The number of aromatic nitrogens is 2. The number of methoxy groups -OCH3 is 1. The third kappa shape index (κ3) is 6.55. The van der Waals surface area contributed by atoms with Crippen LogP contribution in [0.2, 0.25) is 10.0 Å². The first-order chi connectivity index (χ1) is 18.7. The van der Waals surface area contributed by atoms with Crippen LogP contribution < -0.4 is 15.0 Å². The third-order valence-electron chi connectivity index (χ3n) is 6.31. The Hall–Kier alpha value is -3.13. The Balaban J connectivity index is 1.74. The molecule has 0 spiro atoms. The molecule has 0 bridgehead atoms. The van der Waals surface area contributed by atoms with Gasteiger partial charge in [-0.2, -0.15) is 9.78 Å². The zero-order valence-electron chi connectivity index (χ0n) is 21.9. The molecule has 1 aromatic heterocycles. The smallest absolute Gasteiger partial charge is 0.282 e. The highest BCUT2D eigenvalue weighted by Crippen LogP contribution is 2.34. The van der Waals surface area contributed by atoms with E-state index in [2.05, 4.69) is 34.5 Å². The van der Waals surface area contributed by atoms with Crippen LogP contribution in [0.1, 0.15) is 48.7 Å². The second-order valence-electron chi connectivity index (χ2n) is 9.04. The number of halogens is 3. The molecule has 0 unspecified atom stereocenters. The van der Waals surface area contributed by atoms with Gasteiger partial charge in [-0.25, -0.2) is 4.98 Å². The van der Waals surface area contributed by atoms with Crippen LogP contribution in [-0.4, -0.2) is 23.0 Å². The van der Waals surface area contributed by atoms with Crippen molar-refractivity contribution in [2.75, 3.05) is 7.11 Å². The summed E-state index contributed by atoms with van der Waals surface area (Å²) in [5.74, 6) is 1.76. The molecule has 0 saturated heterocycles. The predicted octanol–water partition coefficient (Wildman–Crippen LogP) is 8.18. The monoisotopic (exact) mass is 627 g/mol. The highest BCUT2D eigenvalue weighted by molar-refractivity contribution is 9.10. The molecule has 1 atom stereocenters. The van der Waals surface area contributed by atoms with Crippen molar-refractivity contribution in [1.29, 1.82) is 0 Å². The van der Waals surface area contributed by atoms with Gasteiger partial charge in [0.05, 0.1) is 34.3 Å².